The van der Waals surface area contributed by atoms with Gasteiger partial charge in [0.15, 0.2) is 0 Å². The lowest BCUT2D eigenvalue weighted by Gasteiger charge is -2.15. The van der Waals surface area contributed by atoms with Crippen LogP contribution in [0.1, 0.15) is 22.3 Å². The van der Waals surface area contributed by atoms with Gasteiger partial charge in [0.2, 0.25) is 0 Å². The van der Waals surface area contributed by atoms with E-state index >= 15 is 0 Å². The molecular formula is C32H34O4. The van der Waals surface area contributed by atoms with Crippen LogP contribution in [0.2, 0.25) is 0 Å². The Hall–Kier alpha value is -3.92. The van der Waals surface area contributed by atoms with Gasteiger partial charge in [0.25, 0.3) is 0 Å². The van der Waals surface area contributed by atoms with Crippen molar-refractivity contribution in [1.82, 2.24) is 0 Å². The molecule has 4 aromatic carbocycles. The van der Waals surface area contributed by atoms with Gasteiger partial charge >= 0.3 is 0 Å². The molecule has 4 aromatic rings. The second-order valence-corrected chi connectivity index (χ2v) is 8.77. The molecule has 0 bridgehead atoms. The smallest absolute Gasteiger partial charge is 0.127 e. The molecule has 36 heavy (non-hydrogen) atoms. The van der Waals surface area contributed by atoms with Gasteiger partial charge in [-0.25, -0.2) is 0 Å². The molecule has 0 spiro atoms. The van der Waals surface area contributed by atoms with Gasteiger partial charge in [-0.3, -0.25) is 0 Å². The molecule has 0 aliphatic heterocycles. The van der Waals surface area contributed by atoms with Crippen molar-refractivity contribution in [2.24, 2.45) is 0 Å². The summed E-state index contributed by atoms with van der Waals surface area (Å²) >= 11 is 0. The van der Waals surface area contributed by atoms with Crippen molar-refractivity contribution in [3.05, 3.63) is 107 Å². The Labute approximate surface area is 214 Å². The van der Waals surface area contributed by atoms with Gasteiger partial charge < -0.3 is 18.9 Å². The summed E-state index contributed by atoms with van der Waals surface area (Å²) in [7, 11) is 6.82. The van der Waals surface area contributed by atoms with E-state index < -0.39 is 0 Å². The fourth-order valence-electron chi connectivity index (χ4n) is 4.39. The molecule has 0 aliphatic rings. The third-order valence-electron chi connectivity index (χ3n) is 6.54. The molecule has 0 unspecified atom stereocenters. The normalized spacial score (nSPS) is 10.7. The van der Waals surface area contributed by atoms with E-state index in [4.69, 9.17) is 18.9 Å². The van der Waals surface area contributed by atoms with Crippen LogP contribution >= 0.6 is 0 Å². The van der Waals surface area contributed by atoms with Gasteiger partial charge in [0, 0.05) is 11.1 Å². The molecule has 0 aliphatic carbocycles. The average molecular weight is 483 g/mol. The first kappa shape index (κ1) is 25.2. The van der Waals surface area contributed by atoms with E-state index in [1.807, 2.05) is 24.3 Å². The second-order valence-electron chi connectivity index (χ2n) is 8.77. The molecule has 4 heteroatoms. The Kier molecular flexibility index (Phi) is 8.51. The Morgan fingerprint density at radius 3 is 1.06 bits per heavy atom. The van der Waals surface area contributed by atoms with Crippen LogP contribution in [0.5, 0.6) is 23.0 Å². The highest BCUT2D eigenvalue weighted by Crippen LogP contribution is 2.38. The van der Waals surface area contributed by atoms with Gasteiger partial charge in [-0.1, -0.05) is 48.5 Å². The van der Waals surface area contributed by atoms with Crippen molar-refractivity contribution < 1.29 is 18.9 Å². The van der Waals surface area contributed by atoms with Crippen molar-refractivity contribution in [1.29, 1.82) is 0 Å². The standard InChI is InChI=1S/C32H34O4/c1-33-27-15-9-23(10-16-27)5-7-25-13-19-29(31(21-25)35-3)30-20-14-26(22-32(30)36-4)8-6-24-11-17-28(34-2)18-12-24/h9-22H,5-8H2,1-4H3. The largest absolute Gasteiger partial charge is 0.497 e. The van der Waals surface area contributed by atoms with Crippen LogP contribution in [-0.2, 0) is 25.7 Å². The van der Waals surface area contributed by atoms with E-state index in [2.05, 4.69) is 60.7 Å². The predicted octanol–water partition coefficient (Wildman–Crippen LogP) is 6.96. The van der Waals surface area contributed by atoms with E-state index in [1.54, 1.807) is 28.4 Å². The maximum atomic E-state index is 5.79. The summed E-state index contributed by atoms with van der Waals surface area (Å²) in [5.74, 6) is 3.47. The quantitative estimate of drug-likeness (QED) is 0.232. The summed E-state index contributed by atoms with van der Waals surface area (Å²) in [6, 6.07) is 29.4. The minimum absolute atomic E-state index is 0.853. The summed E-state index contributed by atoms with van der Waals surface area (Å²) in [6.07, 6.45) is 3.78. The van der Waals surface area contributed by atoms with E-state index in [0.717, 1.165) is 59.8 Å². The minimum atomic E-state index is 0.853. The van der Waals surface area contributed by atoms with Crippen LogP contribution in [0.25, 0.3) is 11.1 Å². The van der Waals surface area contributed by atoms with E-state index in [1.165, 1.54) is 22.3 Å². The van der Waals surface area contributed by atoms with Crippen LogP contribution in [0.15, 0.2) is 84.9 Å². The summed E-state index contributed by atoms with van der Waals surface area (Å²) < 4.78 is 22.1. The van der Waals surface area contributed by atoms with Crippen LogP contribution in [-0.4, -0.2) is 28.4 Å². The van der Waals surface area contributed by atoms with Crippen molar-refractivity contribution in [3.8, 4) is 34.1 Å². The molecule has 0 atom stereocenters. The zero-order valence-electron chi connectivity index (χ0n) is 21.5. The van der Waals surface area contributed by atoms with Crippen LogP contribution in [0, 0.1) is 0 Å². The molecule has 0 saturated carbocycles. The number of benzene rings is 4. The lowest BCUT2D eigenvalue weighted by molar-refractivity contribution is 0.409. The zero-order valence-corrected chi connectivity index (χ0v) is 21.5. The summed E-state index contributed by atoms with van der Waals surface area (Å²) in [4.78, 5) is 0. The van der Waals surface area contributed by atoms with Crippen LogP contribution < -0.4 is 18.9 Å². The fraction of sp³-hybridized carbons (Fsp3) is 0.250. The number of hydrogen-bond acceptors (Lipinski definition) is 4. The third-order valence-corrected chi connectivity index (χ3v) is 6.54. The topological polar surface area (TPSA) is 36.9 Å². The molecule has 0 heterocycles. The number of methoxy groups -OCH3 is 4. The van der Waals surface area contributed by atoms with Gasteiger partial charge in [0.05, 0.1) is 28.4 Å². The van der Waals surface area contributed by atoms with Crippen molar-refractivity contribution >= 4 is 0 Å². The first-order valence-corrected chi connectivity index (χ1v) is 12.2. The first-order valence-electron chi connectivity index (χ1n) is 12.2. The molecule has 0 radical (unpaired) electrons. The van der Waals surface area contributed by atoms with Gasteiger partial charge in [-0.05, 0) is 84.3 Å². The highest BCUT2D eigenvalue weighted by atomic mass is 16.5. The lowest BCUT2D eigenvalue weighted by atomic mass is 9.96. The van der Waals surface area contributed by atoms with Gasteiger partial charge in [0.1, 0.15) is 23.0 Å². The molecule has 0 amide bonds. The molecule has 4 rings (SSSR count). The van der Waals surface area contributed by atoms with Gasteiger partial charge in [-0.15, -0.1) is 0 Å². The first-order chi connectivity index (χ1) is 17.6. The Balaban J connectivity index is 1.47. The second kappa shape index (κ2) is 12.2. The molecule has 0 aromatic heterocycles. The van der Waals surface area contributed by atoms with Crippen LogP contribution in [0.3, 0.4) is 0 Å². The SMILES string of the molecule is COc1ccc(CCc2ccc(-c3ccc(CCc4ccc(OC)cc4)cc3OC)c(OC)c2)cc1. The lowest BCUT2D eigenvalue weighted by Crippen LogP contribution is -1.97. The Bertz CT molecular complexity index is 1160. The predicted molar refractivity (Wildman–Crippen MR) is 146 cm³/mol. The minimum Gasteiger partial charge on any atom is -0.497 e. The van der Waals surface area contributed by atoms with Crippen molar-refractivity contribution in [2.75, 3.05) is 28.4 Å². The molecule has 4 nitrogen and oxygen atoms in total. The summed E-state index contributed by atoms with van der Waals surface area (Å²) in [5, 5.41) is 0. The molecule has 0 N–H and O–H groups in total. The van der Waals surface area contributed by atoms with Crippen LogP contribution in [0.4, 0.5) is 0 Å². The molecule has 0 fully saturated rings. The van der Waals surface area contributed by atoms with E-state index in [9.17, 15) is 0 Å². The Morgan fingerprint density at radius 1 is 0.389 bits per heavy atom. The zero-order chi connectivity index (χ0) is 25.3. The highest BCUT2D eigenvalue weighted by molar-refractivity contribution is 5.76. The fourth-order valence-corrected chi connectivity index (χ4v) is 4.39. The van der Waals surface area contributed by atoms with Crippen molar-refractivity contribution in [3.63, 3.8) is 0 Å². The van der Waals surface area contributed by atoms with E-state index in [0.29, 0.717) is 0 Å². The van der Waals surface area contributed by atoms with E-state index in [-0.39, 0.29) is 0 Å². The molecular weight excluding hydrogens is 448 g/mol. The highest BCUT2D eigenvalue weighted by Gasteiger charge is 2.13. The summed E-state index contributed by atoms with van der Waals surface area (Å²) in [5.41, 5.74) is 7.10. The van der Waals surface area contributed by atoms with Crippen molar-refractivity contribution in [2.45, 2.75) is 25.7 Å². The maximum Gasteiger partial charge on any atom is 0.127 e. The number of ether oxygens (including phenoxy) is 4. The van der Waals surface area contributed by atoms with Gasteiger partial charge in [-0.2, -0.15) is 0 Å². The number of hydrogen-bond donors (Lipinski definition) is 0. The molecule has 0 saturated heterocycles. The number of aryl methyl sites for hydroxylation is 4. The third kappa shape index (κ3) is 6.19. The average Bonchev–Trinajstić information content (AvgIpc) is 2.95. The monoisotopic (exact) mass is 482 g/mol. The summed E-state index contributed by atoms with van der Waals surface area (Å²) in [6.45, 7) is 0. The Morgan fingerprint density at radius 2 is 0.722 bits per heavy atom. The number of rotatable bonds is 11. The molecule has 186 valence electrons. The maximum absolute atomic E-state index is 5.79.